The van der Waals surface area contributed by atoms with Crippen LogP contribution in [-0.4, -0.2) is 0 Å². The summed E-state index contributed by atoms with van der Waals surface area (Å²) < 4.78 is 0. The zero-order chi connectivity index (χ0) is 6.73. The Balaban J connectivity index is 0. The predicted molar refractivity (Wildman–Crippen MR) is 45.6 cm³/mol. The fourth-order valence-corrected chi connectivity index (χ4v) is 0.770. The van der Waals surface area contributed by atoms with Crippen LogP contribution < -0.4 is 0 Å². The van der Waals surface area contributed by atoms with Crippen LogP contribution in [0.1, 0.15) is 42.0 Å². The van der Waals surface area contributed by atoms with Crippen LogP contribution in [0.25, 0.3) is 0 Å². The molecule has 0 aliphatic rings. The maximum absolute atomic E-state index is 2.31. The number of rotatable bonds is 2. The van der Waals surface area contributed by atoms with Gasteiger partial charge in [0.15, 0.2) is 0 Å². The lowest BCUT2D eigenvalue weighted by molar-refractivity contribution is 0.316. The van der Waals surface area contributed by atoms with Crippen molar-refractivity contribution in [3.8, 4) is 0 Å². The fraction of sp³-hybridized carbons (Fsp3) is 1.00. The highest BCUT2D eigenvalue weighted by atomic mass is 14.2. The van der Waals surface area contributed by atoms with Gasteiger partial charge < -0.3 is 0 Å². The zero-order valence-corrected chi connectivity index (χ0v) is 6.73. The molecule has 58 valence electrons. The molecule has 0 aromatic rings. The van der Waals surface area contributed by atoms with Gasteiger partial charge in [-0.1, -0.05) is 42.0 Å². The molecular weight excluding hydrogens is 108 g/mol. The highest BCUT2D eigenvalue weighted by molar-refractivity contribution is 4.59. The maximum Gasteiger partial charge on any atom is -0.0396 e. The molecule has 0 rings (SSSR count). The summed E-state index contributed by atoms with van der Waals surface area (Å²) in [4.78, 5) is 0. The standard InChI is InChI=1S/C8H18.CH4/c1-6(2)8(5)7(3)4;/h6-8H,1-5H3;1H4. The van der Waals surface area contributed by atoms with Crippen LogP contribution in [0.15, 0.2) is 0 Å². The molecule has 0 aliphatic heterocycles. The third-order valence-corrected chi connectivity index (χ3v) is 2.10. The van der Waals surface area contributed by atoms with Gasteiger partial charge in [-0.25, -0.2) is 0 Å². The van der Waals surface area contributed by atoms with Crippen LogP contribution in [-0.2, 0) is 0 Å². The smallest absolute Gasteiger partial charge is 0.0396 e. The third kappa shape index (κ3) is 4.50. The van der Waals surface area contributed by atoms with E-state index in [-0.39, 0.29) is 7.43 Å². The van der Waals surface area contributed by atoms with Crippen LogP contribution in [0.4, 0.5) is 0 Å². The number of hydrogen-bond donors (Lipinski definition) is 0. The van der Waals surface area contributed by atoms with Crippen molar-refractivity contribution < 1.29 is 0 Å². The Morgan fingerprint density at radius 2 is 0.889 bits per heavy atom. The van der Waals surface area contributed by atoms with E-state index in [0.717, 1.165) is 17.8 Å². The van der Waals surface area contributed by atoms with E-state index < -0.39 is 0 Å². The average molecular weight is 130 g/mol. The monoisotopic (exact) mass is 130 g/mol. The van der Waals surface area contributed by atoms with Gasteiger partial charge in [-0.15, -0.1) is 0 Å². The molecule has 0 aromatic heterocycles. The van der Waals surface area contributed by atoms with Crippen molar-refractivity contribution in [3.05, 3.63) is 0 Å². The van der Waals surface area contributed by atoms with Crippen LogP contribution >= 0.6 is 0 Å². The van der Waals surface area contributed by atoms with Gasteiger partial charge in [-0.3, -0.25) is 0 Å². The van der Waals surface area contributed by atoms with Gasteiger partial charge in [0.05, 0.1) is 0 Å². The zero-order valence-electron chi connectivity index (χ0n) is 6.73. The van der Waals surface area contributed by atoms with Crippen LogP contribution in [0.5, 0.6) is 0 Å². The minimum absolute atomic E-state index is 0. The van der Waals surface area contributed by atoms with E-state index in [2.05, 4.69) is 34.6 Å². The van der Waals surface area contributed by atoms with Gasteiger partial charge in [-0.2, -0.15) is 0 Å². The van der Waals surface area contributed by atoms with E-state index in [0.29, 0.717) is 0 Å². The molecule has 0 bridgehead atoms. The summed E-state index contributed by atoms with van der Waals surface area (Å²) in [6.45, 7) is 11.4. The molecule has 0 radical (unpaired) electrons. The van der Waals surface area contributed by atoms with Crippen molar-refractivity contribution in [1.29, 1.82) is 0 Å². The molecule has 9 heavy (non-hydrogen) atoms. The van der Waals surface area contributed by atoms with Gasteiger partial charge in [0, 0.05) is 0 Å². The van der Waals surface area contributed by atoms with Crippen LogP contribution in [0.3, 0.4) is 0 Å². The van der Waals surface area contributed by atoms with Gasteiger partial charge in [0.2, 0.25) is 0 Å². The minimum Gasteiger partial charge on any atom is -0.0776 e. The second kappa shape index (κ2) is 4.84. The van der Waals surface area contributed by atoms with Crippen LogP contribution in [0, 0.1) is 17.8 Å². The van der Waals surface area contributed by atoms with E-state index >= 15 is 0 Å². The molecular formula is C9H22. The van der Waals surface area contributed by atoms with Gasteiger partial charge in [-0.05, 0) is 17.8 Å². The first-order valence-corrected chi connectivity index (χ1v) is 3.55. The van der Waals surface area contributed by atoms with Crippen molar-refractivity contribution in [3.63, 3.8) is 0 Å². The van der Waals surface area contributed by atoms with Crippen LogP contribution in [0.2, 0.25) is 0 Å². The SMILES string of the molecule is C.CC(C)C(C)C(C)C. The van der Waals surface area contributed by atoms with Crippen molar-refractivity contribution >= 4 is 0 Å². The van der Waals surface area contributed by atoms with E-state index in [9.17, 15) is 0 Å². The lowest BCUT2D eigenvalue weighted by Crippen LogP contribution is -2.10. The molecule has 0 nitrogen and oxygen atoms in total. The largest absolute Gasteiger partial charge is 0.0776 e. The highest BCUT2D eigenvalue weighted by Gasteiger charge is 2.09. The molecule has 0 aromatic carbocycles. The lowest BCUT2D eigenvalue weighted by Gasteiger charge is -2.18. The van der Waals surface area contributed by atoms with Gasteiger partial charge in [0.1, 0.15) is 0 Å². The minimum atomic E-state index is 0. The number of hydrogen-bond acceptors (Lipinski definition) is 0. The Bertz CT molecular complexity index is 45.1. The Hall–Kier alpha value is 0. The molecule has 0 saturated carbocycles. The topological polar surface area (TPSA) is 0 Å². The highest BCUT2D eigenvalue weighted by Crippen LogP contribution is 2.18. The van der Waals surface area contributed by atoms with E-state index in [1.807, 2.05) is 0 Å². The molecule has 0 heterocycles. The Labute approximate surface area is 60.7 Å². The first-order valence-electron chi connectivity index (χ1n) is 3.55. The quantitative estimate of drug-likeness (QED) is 0.536. The molecule has 0 saturated heterocycles. The summed E-state index contributed by atoms with van der Waals surface area (Å²) >= 11 is 0. The summed E-state index contributed by atoms with van der Waals surface area (Å²) in [5.74, 6) is 2.56. The molecule has 0 spiro atoms. The van der Waals surface area contributed by atoms with Gasteiger partial charge in [0.25, 0.3) is 0 Å². The molecule has 0 fully saturated rings. The fourth-order valence-electron chi connectivity index (χ4n) is 0.770. The van der Waals surface area contributed by atoms with E-state index in [1.54, 1.807) is 0 Å². The summed E-state index contributed by atoms with van der Waals surface area (Å²) in [7, 11) is 0. The third-order valence-electron chi connectivity index (χ3n) is 2.10. The molecule has 0 heteroatoms. The normalized spacial score (nSPS) is 10.7. The van der Waals surface area contributed by atoms with Crippen molar-refractivity contribution in [1.82, 2.24) is 0 Å². The maximum atomic E-state index is 2.31. The molecule has 0 amide bonds. The van der Waals surface area contributed by atoms with E-state index in [4.69, 9.17) is 0 Å². The first kappa shape index (κ1) is 11.8. The second-order valence-corrected chi connectivity index (χ2v) is 3.35. The molecule has 0 N–H and O–H groups in total. The summed E-state index contributed by atoms with van der Waals surface area (Å²) in [6, 6.07) is 0. The Kier molecular flexibility index (Phi) is 6.32. The van der Waals surface area contributed by atoms with Gasteiger partial charge >= 0.3 is 0 Å². The summed E-state index contributed by atoms with van der Waals surface area (Å²) in [5.41, 5.74) is 0. The Morgan fingerprint density at radius 3 is 0.889 bits per heavy atom. The predicted octanol–water partition coefficient (Wildman–Crippen LogP) is 3.57. The van der Waals surface area contributed by atoms with Crippen molar-refractivity contribution in [2.24, 2.45) is 17.8 Å². The molecule has 0 unspecified atom stereocenters. The van der Waals surface area contributed by atoms with E-state index in [1.165, 1.54) is 0 Å². The first-order chi connectivity index (χ1) is 3.55. The average Bonchev–Trinajstić information content (AvgIpc) is 1.64. The summed E-state index contributed by atoms with van der Waals surface area (Å²) in [6.07, 6.45) is 0. The summed E-state index contributed by atoms with van der Waals surface area (Å²) in [5, 5.41) is 0. The second-order valence-electron chi connectivity index (χ2n) is 3.35. The molecule has 0 aliphatic carbocycles. The lowest BCUT2D eigenvalue weighted by atomic mass is 9.88. The van der Waals surface area contributed by atoms with Crippen molar-refractivity contribution in [2.45, 2.75) is 42.0 Å². The Morgan fingerprint density at radius 1 is 0.667 bits per heavy atom. The molecule has 0 atom stereocenters. The van der Waals surface area contributed by atoms with Crippen molar-refractivity contribution in [2.75, 3.05) is 0 Å².